The SMILES string of the molecule is Cc1cccc(C2/C(=C(\O)c3cc(C(C)(C)C)ccc3C)C(=O)C(=O)N2Cc2ccccc2OC(C)(C)C)c1. The Balaban J connectivity index is 1.90. The molecule has 3 aromatic rings. The van der Waals surface area contributed by atoms with E-state index in [1.165, 1.54) is 0 Å². The first-order valence-electron chi connectivity index (χ1n) is 13.4. The first-order valence-corrected chi connectivity index (χ1v) is 13.4. The number of carbonyl (C=O) groups excluding carboxylic acids is 2. The molecule has 5 heteroatoms. The van der Waals surface area contributed by atoms with Gasteiger partial charge in [-0.3, -0.25) is 9.59 Å². The van der Waals surface area contributed by atoms with Crippen LogP contribution in [-0.2, 0) is 21.5 Å². The lowest BCUT2D eigenvalue weighted by Crippen LogP contribution is -2.30. The minimum Gasteiger partial charge on any atom is -0.507 e. The van der Waals surface area contributed by atoms with Crippen molar-refractivity contribution in [2.45, 2.75) is 79.0 Å². The number of hydrogen-bond acceptors (Lipinski definition) is 4. The molecule has 39 heavy (non-hydrogen) atoms. The van der Waals surface area contributed by atoms with Crippen LogP contribution in [0.3, 0.4) is 0 Å². The van der Waals surface area contributed by atoms with Gasteiger partial charge in [-0.2, -0.15) is 0 Å². The number of Topliss-reactive ketones (excluding diaryl/α,β-unsaturated/α-hetero) is 1. The molecule has 1 unspecified atom stereocenters. The van der Waals surface area contributed by atoms with Crippen molar-refractivity contribution in [3.63, 3.8) is 0 Å². The summed E-state index contributed by atoms with van der Waals surface area (Å²) in [5.74, 6) is -0.819. The third-order valence-electron chi connectivity index (χ3n) is 6.99. The number of ketones is 1. The van der Waals surface area contributed by atoms with Crippen molar-refractivity contribution in [3.05, 3.63) is 106 Å². The number of ether oxygens (including phenoxy) is 1. The highest BCUT2D eigenvalue weighted by Gasteiger charge is 2.46. The summed E-state index contributed by atoms with van der Waals surface area (Å²) >= 11 is 0. The molecular weight excluding hydrogens is 486 g/mol. The fourth-order valence-corrected chi connectivity index (χ4v) is 4.97. The summed E-state index contributed by atoms with van der Waals surface area (Å²) < 4.78 is 6.19. The lowest BCUT2D eigenvalue weighted by atomic mass is 9.84. The van der Waals surface area contributed by atoms with Gasteiger partial charge in [-0.1, -0.05) is 80.9 Å². The first kappa shape index (κ1) is 28.2. The van der Waals surface area contributed by atoms with E-state index >= 15 is 0 Å². The van der Waals surface area contributed by atoms with E-state index in [2.05, 4.69) is 20.8 Å². The van der Waals surface area contributed by atoms with Gasteiger partial charge in [0.05, 0.1) is 18.2 Å². The lowest BCUT2D eigenvalue weighted by molar-refractivity contribution is -0.140. The number of benzene rings is 3. The van der Waals surface area contributed by atoms with Gasteiger partial charge in [-0.15, -0.1) is 0 Å². The van der Waals surface area contributed by atoms with E-state index in [1.807, 2.05) is 101 Å². The van der Waals surface area contributed by atoms with Crippen LogP contribution in [0.15, 0.2) is 72.3 Å². The van der Waals surface area contributed by atoms with Crippen LogP contribution >= 0.6 is 0 Å². The van der Waals surface area contributed by atoms with Gasteiger partial charge >= 0.3 is 0 Å². The van der Waals surface area contributed by atoms with Crippen molar-refractivity contribution in [2.75, 3.05) is 0 Å². The molecule has 5 nitrogen and oxygen atoms in total. The molecule has 0 spiro atoms. The molecule has 1 fully saturated rings. The van der Waals surface area contributed by atoms with E-state index in [0.29, 0.717) is 11.3 Å². The molecule has 4 rings (SSSR count). The Morgan fingerprint density at radius 2 is 1.59 bits per heavy atom. The average Bonchev–Trinajstić information content (AvgIpc) is 3.08. The van der Waals surface area contributed by atoms with Gasteiger partial charge in [0.15, 0.2) is 0 Å². The number of aliphatic hydroxyl groups excluding tert-OH is 1. The maximum absolute atomic E-state index is 13.7. The van der Waals surface area contributed by atoms with Crippen molar-refractivity contribution in [1.29, 1.82) is 0 Å². The number of carbonyl (C=O) groups is 2. The second-order valence-corrected chi connectivity index (χ2v) is 12.4. The number of likely N-dealkylation sites (tertiary alicyclic amines) is 1. The molecule has 3 aromatic carbocycles. The van der Waals surface area contributed by atoms with Crippen LogP contribution in [-0.4, -0.2) is 27.3 Å². The van der Waals surface area contributed by atoms with Crippen LogP contribution in [0.25, 0.3) is 5.76 Å². The van der Waals surface area contributed by atoms with E-state index in [9.17, 15) is 14.7 Å². The van der Waals surface area contributed by atoms with E-state index in [4.69, 9.17) is 4.74 Å². The summed E-state index contributed by atoms with van der Waals surface area (Å²) in [5, 5.41) is 11.7. The number of aryl methyl sites for hydroxylation is 2. The number of nitrogens with zero attached hydrogens (tertiary/aromatic N) is 1. The zero-order chi connectivity index (χ0) is 28.7. The average molecular weight is 526 g/mol. The number of rotatable bonds is 5. The third-order valence-corrected chi connectivity index (χ3v) is 6.99. The molecule has 1 aliphatic rings. The van der Waals surface area contributed by atoms with Crippen molar-refractivity contribution in [2.24, 2.45) is 0 Å². The molecule has 1 saturated heterocycles. The summed E-state index contributed by atoms with van der Waals surface area (Å²) in [7, 11) is 0. The minimum atomic E-state index is -0.745. The molecule has 1 N–H and O–H groups in total. The summed E-state index contributed by atoms with van der Waals surface area (Å²) in [5.41, 5.74) is 4.51. The molecule has 0 saturated carbocycles. The molecule has 1 heterocycles. The molecule has 0 bridgehead atoms. The third kappa shape index (κ3) is 5.93. The van der Waals surface area contributed by atoms with Gasteiger partial charge in [0.25, 0.3) is 11.7 Å². The maximum Gasteiger partial charge on any atom is 0.295 e. The van der Waals surface area contributed by atoms with Crippen LogP contribution < -0.4 is 4.74 Å². The second-order valence-electron chi connectivity index (χ2n) is 12.4. The highest BCUT2D eigenvalue weighted by atomic mass is 16.5. The summed E-state index contributed by atoms with van der Waals surface area (Å²) in [6.07, 6.45) is 0. The Hall–Kier alpha value is -3.86. The van der Waals surface area contributed by atoms with Crippen molar-refractivity contribution in [1.82, 2.24) is 4.90 Å². The Morgan fingerprint density at radius 1 is 0.897 bits per heavy atom. The van der Waals surface area contributed by atoms with E-state index in [0.717, 1.165) is 27.8 Å². The molecule has 1 atom stereocenters. The van der Waals surface area contributed by atoms with Crippen LogP contribution in [0.2, 0.25) is 0 Å². The molecule has 0 aliphatic carbocycles. The molecule has 0 aromatic heterocycles. The zero-order valence-electron chi connectivity index (χ0n) is 24.3. The first-order chi connectivity index (χ1) is 18.2. The molecule has 204 valence electrons. The Kier molecular flexibility index (Phi) is 7.48. The largest absolute Gasteiger partial charge is 0.507 e. The minimum absolute atomic E-state index is 0.106. The highest BCUT2D eigenvalue weighted by Crippen LogP contribution is 2.42. The zero-order valence-corrected chi connectivity index (χ0v) is 24.3. The Morgan fingerprint density at radius 3 is 2.23 bits per heavy atom. The van der Waals surface area contributed by atoms with Crippen molar-refractivity contribution in [3.8, 4) is 5.75 Å². The Bertz CT molecular complexity index is 1450. The smallest absolute Gasteiger partial charge is 0.295 e. The predicted octanol–water partition coefficient (Wildman–Crippen LogP) is 7.40. The van der Waals surface area contributed by atoms with Gasteiger partial charge in [0.1, 0.15) is 17.1 Å². The number of amides is 1. The van der Waals surface area contributed by atoms with Gasteiger partial charge in [0, 0.05) is 11.1 Å². The lowest BCUT2D eigenvalue weighted by Gasteiger charge is -2.28. The molecule has 1 aliphatic heterocycles. The second kappa shape index (κ2) is 10.4. The van der Waals surface area contributed by atoms with Crippen LogP contribution in [0, 0.1) is 13.8 Å². The molecule has 0 radical (unpaired) electrons. The van der Waals surface area contributed by atoms with Gasteiger partial charge in [-0.05, 0) is 68.9 Å². The van der Waals surface area contributed by atoms with E-state index < -0.39 is 23.3 Å². The summed E-state index contributed by atoms with van der Waals surface area (Å²) in [6, 6.07) is 20.5. The highest BCUT2D eigenvalue weighted by molar-refractivity contribution is 6.46. The van der Waals surface area contributed by atoms with Gasteiger partial charge in [-0.25, -0.2) is 0 Å². The standard InChI is InChI=1S/C34H39NO4/c1-21-12-11-14-23(18-21)29-28(30(36)26-19-25(33(3,4)5)17-16-22(26)2)31(37)32(38)35(29)20-24-13-9-10-15-27(24)39-34(6,7)8/h9-19,29,36H,20H2,1-8H3/b30-28+. The fraction of sp³-hybridized carbons (Fsp3) is 0.353. The van der Waals surface area contributed by atoms with Crippen LogP contribution in [0.5, 0.6) is 5.75 Å². The molecule has 1 amide bonds. The quantitative estimate of drug-likeness (QED) is 0.214. The Labute approximate surface area is 232 Å². The van der Waals surface area contributed by atoms with Crippen molar-refractivity contribution >= 4 is 17.4 Å². The number of aliphatic hydroxyl groups is 1. The normalized spacial score (nSPS) is 17.5. The summed E-state index contributed by atoms with van der Waals surface area (Å²) in [6.45, 7) is 16.2. The van der Waals surface area contributed by atoms with Crippen LogP contribution in [0.4, 0.5) is 0 Å². The predicted molar refractivity (Wildman–Crippen MR) is 156 cm³/mol. The maximum atomic E-state index is 13.7. The summed E-state index contributed by atoms with van der Waals surface area (Å²) in [4.78, 5) is 28.8. The van der Waals surface area contributed by atoms with E-state index in [1.54, 1.807) is 4.90 Å². The monoisotopic (exact) mass is 525 g/mol. The fourth-order valence-electron chi connectivity index (χ4n) is 4.97. The van der Waals surface area contributed by atoms with Gasteiger partial charge < -0.3 is 14.7 Å². The number of para-hydroxylation sites is 1. The van der Waals surface area contributed by atoms with Gasteiger partial charge in [0.2, 0.25) is 0 Å². The van der Waals surface area contributed by atoms with Crippen molar-refractivity contribution < 1.29 is 19.4 Å². The number of hydrogen-bond donors (Lipinski definition) is 1. The topological polar surface area (TPSA) is 66.8 Å². The van der Waals surface area contributed by atoms with Crippen LogP contribution in [0.1, 0.15) is 81.0 Å². The molecular formula is C34H39NO4. The van der Waals surface area contributed by atoms with E-state index in [-0.39, 0.29) is 23.3 Å².